The third kappa shape index (κ3) is 2.95. The molecule has 0 saturated heterocycles. The Labute approximate surface area is 117 Å². The normalized spacial score (nSPS) is 10.2. The zero-order valence-electron chi connectivity index (χ0n) is 8.67. The van der Waals surface area contributed by atoms with E-state index < -0.39 is 0 Å². The van der Waals surface area contributed by atoms with Crippen molar-refractivity contribution in [1.82, 2.24) is 4.98 Å². The third-order valence-electron chi connectivity index (χ3n) is 2.08. The maximum Gasteiger partial charge on any atom is 0.144 e. The fourth-order valence-electron chi connectivity index (χ4n) is 1.30. The lowest BCUT2D eigenvalue weighted by Gasteiger charge is -2.07. The maximum atomic E-state index is 4.34. The Morgan fingerprint density at radius 1 is 1.25 bits per heavy atom. The van der Waals surface area contributed by atoms with Crippen LogP contribution in [0.5, 0.6) is 0 Å². The summed E-state index contributed by atoms with van der Waals surface area (Å²) in [5.41, 5.74) is 2.18. The number of hydrogen-bond acceptors (Lipinski definition) is 2. The van der Waals surface area contributed by atoms with Gasteiger partial charge in [0.2, 0.25) is 0 Å². The van der Waals surface area contributed by atoms with Gasteiger partial charge in [0.25, 0.3) is 0 Å². The summed E-state index contributed by atoms with van der Waals surface area (Å²) in [6, 6.07) is 10.2. The van der Waals surface area contributed by atoms with Crippen molar-refractivity contribution >= 4 is 50.0 Å². The van der Waals surface area contributed by atoms with Crippen molar-refractivity contribution in [2.75, 3.05) is 5.32 Å². The van der Waals surface area contributed by atoms with Crippen LogP contribution in [0.1, 0.15) is 5.56 Å². The molecule has 0 spiro atoms. The number of aryl methyl sites for hydroxylation is 1. The molecule has 1 N–H and O–H groups in total. The van der Waals surface area contributed by atoms with Gasteiger partial charge in [-0.15, -0.1) is 0 Å². The van der Waals surface area contributed by atoms with Gasteiger partial charge in [0.15, 0.2) is 0 Å². The van der Waals surface area contributed by atoms with Crippen LogP contribution >= 0.6 is 38.5 Å². The molecule has 0 aliphatic heterocycles. The van der Waals surface area contributed by atoms with Crippen molar-refractivity contribution in [3.05, 3.63) is 50.1 Å². The SMILES string of the molecule is Cc1cnc(Nc2ccc(I)cc2)c(Br)c1. The highest BCUT2D eigenvalue weighted by molar-refractivity contribution is 14.1. The quantitative estimate of drug-likeness (QED) is 0.766. The van der Waals surface area contributed by atoms with Gasteiger partial charge in [-0.25, -0.2) is 4.98 Å². The number of halogens is 2. The number of pyridine rings is 1. The summed E-state index contributed by atoms with van der Waals surface area (Å²) in [5, 5.41) is 3.27. The molecule has 0 aliphatic carbocycles. The lowest BCUT2D eigenvalue weighted by Crippen LogP contribution is -1.94. The summed E-state index contributed by atoms with van der Waals surface area (Å²) in [6.45, 7) is 2.02. The summed E-state index contributed by atoms with van der Waals surface area (Å²) in [7, 11) is 0. The Hall–Kier alpha value is -0.620. The molecule has 1 heterocycles. The number of hydrogen-bond donors (Lipinski definition) is 1. The molecule has 4 heteroatoms. The fraction of sp³-hybridized carbons (Fsp3) is 0.0833. The summed E-state index contributed by atoms with van der Waals surface area (Å²) < 4.78 is 2.20. The van der Waals surface area contributed by atoms with Crippen molar-refractivity contribution in [2.24, 2.45) is 0 Å². The molecule has 0 atom stereocenters. The fourth-order valence-corrected chi connectivity index (χ4v) is 2.22. The van der Waals surface area contributed by atoms with Crippen LogP contribution in [-0.4, -0.2) is 4.98 Å². The molecule has 0 amide bonds. The lowest BCUT2D eigenvalue weighted by atomic mass is 10.3. The molecule has 0 bridgehead atoms. The predicted octanol–water partition coefficient (Wildman–Crippen LogP) is 4.50. The highest BCUT2D eigenvalue weighted by Gasteiger charge is 2.01. The molecular weight excluding hydrogens is 379 g/mol. The van der Waals surface area contributed by atoms with Crippen LogP contribution in [0, 0.1) is 10.5 Å². The topological polar surface area (TPSA) is 24.9 Å². The van der Waals surface area contributed by atoms with E-state index in [1.165, 1.54) is 3.57 Å². The van der Waals surface area contributed by atoms with Gasteiger partial charge in [-0.2, -0.15) is 0 Å². The van der Waals surface area contributed by atoms with Crippen molar-refractivity contribution in [3.8, 4) is 0 Å². The van der Waals surface area contributed by atoms with E-state index in [2.05, 4.69) is 61.0 Å². The zero-order valence-corrected chi connectivity index (χ0v) is 12.4. The molecule has 1 aromatic carbocycles. The van der Waals surface area contributed by atoms with E-state index in [0.717, 1.165) is 21.5 Å². The van der Waals surface area contributed by atoms with E-state index >= 15 is 0 Å². The van der Waals surface area contributed by atoms with E-state index in [0.29, 0.717) is 0 Å². The van der Waals surface area contributed by atoms with E-state index in [9.17, 15) is 0 Å². The minimum Gasteiger partial charge on any atom is -0.339 e. The Morgan fingerprint density at radius 2 is 1.94 bits per heavy atom. The highest BCUT2D eigenvalue weighted by atomic mass is 127. The largest absolute Gasteiger partial charge is 0.339 e. The monoisotopic (exact) mass is 388 g/mol. The van der Waals surface area contributed by atoms with Crippen LogP contribution < -0.4 is 5.32 Å². The number of nitrogens with one attached hydrogen (secondary N) is 1. The van der Waals surface area contributed by atoms with E-state index in [-0.39, 0.29) is 0 Å². The Kier molecular flexibility index (Phi) is 3.81. The lowest BCUT2D eigenvalue weighted by molar-refractivity contribution is 1.24. The Morgan fingerprint density at radius 3 is 2.56 bits per heavy atom. The summed E-state index contributed by atoms with van der Waals surface area (Å²) in [5.74, 6) is 0.840. The number of rotatable bonds is 2. The molecule has 82 valence electrons. The van der Waals surface area contributed by atoms with Gasteiger partial charge in [0, 0.05) is 15.5 Å². The molecule has 0 radical (unpaired) electrons. The van der Waals surface area contributed by atoms with Crippen molar-refractivity contribution in [1.29, 1.82) is 0 Å². The average molecular weight is 389 g/mol. The van der Waals surface area contributed by atoms with E-state index in [4.69, 9.17) is 0 Å². The van der Waals surface area contributed by atoms with Crippen LogP contribution in [-0.2, 0) is 0 Å². The highest BCUT2D eigenvalue weighted by Crippen LogP contribution is 2.24. The van der Waals surface area contributed by atoms with Crippen LogP contribution in [0.15, 0.2) is 41.0 Å². The first-order chi connectivity index (χ1) is 7.65. The average Bonchev–Trinajstić information content (AvgIpc) is 2.25. The molecule has 0 fully saturated rings. The van der Waals surface area contributed by atoms with E-state index in [1.807, 2.05) is 31.3 Å². The molecule has 0 aliphatic rings. The second-order valence-electron chi connectivity index (χ2n) is 3.47. The van der Waals surface area contributed by atoms with E-state index in [1.54, 1.807) is 0 Å². The van der Waals surface area contributed by atoms with Crippen LogP contribution in [0.2, 0.25) is 0 Å². The van der Waals surface area contributed by atoms with Gasteiger partial charge in [-0.3, -0.25) is 0 Å². The summed E-state index contributed by atoms with van der Waals surface area (Å²) in [4.78, 5) is 4.34. The van der Waals surface area contributed by atoms with Gasteiger partial charge in [0.05, 0.1) is 4.47 Å². The number of anilines is 2. The van der Waals surface area contributed by atoms with Gasteiger partial charge < -0.3 is 5.32 Å². The molecule has 16 heavy (non-hydrogen) atoms. The van der Waals surface area contributed by atoms with Crippen molar-refractivity contribution in [3.63, 3.8) is 0 Å². The van der Waals surface area contributed by atoms with Gasteiger partial charge in [-0.05, 0) is 81.3 Å². The first-order valence-corrected chi connectivity index (χ1v) is 6.67. The number of benzene rings is 1. The second-order valence-corrected chi connectivity index (χ2v) is 5.57. The van der Waals surface area contributed by atoms with Crippen molar-refractivity contribution in [2.45, 2.75) is 6.92 Å². The molecular formula is C12H10BrIN2. The second kappa shape index (κ2) is 5.14. The minimum absolute atomic E-state index is 0.840. The predicted molar refractivity (Wildman–Crippen MR) is 79.1 cm³/mol. The molecule has 2 nitrogen and oxygen atoms in total. The molecule has 0 unspecified atom stereocenters. The number of nitrogens with zero attached hydrogens (tertiary/aromatic N) is 1. The van der Waals surface area contributed by atoms with Crippen molar-refractivity contribution < 1.29 is 0 Å². The van der Waals surface area contributed by atoms with Gasteiger partial charge in [0.1, 0.15) is 5.82 Å². The Bertz CT molecular complexity index is 497. The van der Waals surface area contributed by atoms with Crippen LogP contribution in [0.4, 0.5) is 11.5 Å². The molecule has 2 aromatic rings. The molecule has 2 rings (SSSR count). The molecule has 0 saturated carbocycles. The Balaban J connectivity index is 2.23. The molecule has 1 aromatic heterocycles. The first kappa shape index (κ1) is 11.9. The maximum absolute atomic E-state index is 4.34. The minimum atomic E-state index is 0.840. The first-order valence-electron chi connectivity index (χ1n) is 4.80. The van der Waals surface area contributed by atoms with Crippen LogP contribution in [0.3, 0.4) is 0 Å². The standard InChI is InChI=1S/C12H10BrIN2/c1-8-6-11(13)12(15-7-8)16-10-4-2-9(14)3-5-10/h2-7H,1H3,(H,15,16). The number of aromatic nitrogens is 1. The van der Waals surface area contributed by atoms with Gasteiger partial charge >= 0.3 is 0 Å². The smallest absolute Gasteiger partial charge is 0.144 e. The summed E-state index contributed by atoms with van der Waals surface area (Å²) in [6.07, 6.45) is 1.85. The third-order valence-corrected chi connectivity index (χ3v) is 3.41. The zero-order chi connectivity index (χ0) is 11.5. The summed E-state index contributed by atoms with van der Waals surface area (Å²) >= 11 is 5.78. The van der Waals surface area contributed by atoms with Crippen LogP contribution in [0.25, 0.3) is 0 Å². The van der Waals surface area contributed by atoms with Gasteiger partial charge in [-0.1, -0.05) is 0 Å².